The molecule has 0 radical (unpaired) electrons. The zero-order valence-electron chi connectivity index (χ0n) is 12.6. The second kappa shape index (κ2) is 8.32. The summed E-state index contributed by atoms with van der Waals surface area (Å²) in [5.41, 5.74) is 2.89. The van der Waals surface area contributed by atoms with E-state index in [1.165, 1.54) is 50.5 Å². The zero-order chi connectivity index (χ0) is 15.1. The monoisotopic (exact) mass is 290 g/mol. The molecular formula is C18H26O3. The van der Waals surface area contributed by atoms with Gasteiger partial charge in [0, 0.05) is 0 Å². The van der Waals surface area contributed by atoms with Crippen LogP contribution in [0.2, 0.25) is 0 Å². The summed E-state index contributed by atoms with van der Waals surface area (Å²) in [6, 6.07) is 8.33. The van der Waals surface area contributed by atoms with Crippen molar-refractivity contribution in [1.82, 2.24) is 0 Å². The molecule has 1 unspecified atom stereocenters. The van der Waals surface area contributed by atoms with Gasteiger partial charge in [-0.3, -0.25) is 5.26 Å². The standard InChI is InChI=1S/C18H26O3/c1-14(18(13-19)21-20)15-9-11-17(12-10-15)16-7-5-3-2-4-6-8-16/h9-12,16,18-20H,1-8,13H2. The molecular weight excluding hydrogens is 264 g/mol. The molecule has 1 aromatic rings. The summed E-state index contributed by atoms with van der Waals surface area (Å²) >= 11 is 0. The van der Waals surface area contributed by atoms with Crippen LogP contribution in [0.25, 0.3) is 5.57 Å². The zero-order valence-corrected chi connectivity index (χ0v) is 12.6. The lowest BCUT2D eigenvalue weighted by Crippen LogP contribution is -2.17. The molecule has 1 saturated carbocycles. The molecule has 3 nitrogen and oxygen atoms in total. The van der Waals surface area contributed by atoms with Crippen molar-refractivity contribution < 1.29 is 15.3 Å². The first-order valence-corrected chi connectivity index (χ1v) is 7.96. The SMILES string of the molecule is C=C(c1ccc(C2CCCCCCC2)cc1)C(CO)OO. The van der Waals surface area contributed by atoms with Crippen molar-refractivity contribution in [3.8, 4) is 0 Å². The number of rotatable bonds is 5. The van der Waals surface area contributed by atoms with Gasteiger partial charge in [0.25, 0.3) is 0 Å². The van der Waals surface area contributed by atoms with Gasteiger partial charge in [-0.25, -0.2) is 4.89 Å². The Labute approximate surface area is 127 Å². The second-order valence-corrected chi connectivity index (χ2v) is 5.97. The van der Waals surface area contributed by atoms with Crippen molar-refractivity contribution >= 4 is 5.57 Å². The average molecular weight is 290 g/mol. The molecule has 0 saturated heterocycles. The Morgan fingerprint density at radius 2 is 1.67 bits per heavy atom. The lowest BCUT2D eigenvalue weighted by atomic mass is 9.85. The Balaban J connectivity index is 2.05. The number of hydrogen-bond donors (Lipinski definition) is 2. The molecule has 0 heterocycles. The molecule has 1 aliphatic carbocycles. The molecule has 0 aliphatic heterocycles. The van der Waals surface area contributed by atoms with Crippen LogP contribution in [0, 0.1) is 0 Å². The fourth-order valence-electron chi connectivity index (χ4n) is 3.15. The normalized spacial score (nSPS) is 18.8. The minimum Gasteiger partial charge on any atom is -0.393 e. The van der Waals surface area contributed by atoms with E-state index in [1.807, 2.05) is 12.1 Å². The third-order valence-corrected chi connectivity index (χ3v) is 4.54. The Morgan fingerprint density at radius 1 is 1.10 bits per heavy atom. The molecule has 116 valence electrons. The molecule has 3 heteroatoms. The van der Waals surface area contributed by atoms with Crippen molar-refractivity contribution in [3.05, 3.63) is 42.0 Å². The summed E-state index contributed by atoms with van der Waals surface area (Å²) in [5, 5.41) is 17.9. The van der Waals surface area contributed by atoms with Crippen LogP contribution in [0.1, 0.15) is 62.0 Å². The van der Waals surface area contributed by atoms with Crippen molar-refractivity contribution in [3.63, 3.8) is 0 Å². The molecule has 21 heavy (non-hydrogen) atoms. The Hall–Kier alpha value is -1.16. The van der Waals surface area contributed by atoms with Crippen LogP contribution in [-0.4, -0.2) is 23.1 Å². The first kappa shape index (κ1) is 16.2. The van der Waals surface area contributed by atoms with Gasteiger partial charge in [0.15, 0.2) is 0 Å². The first-order chi connectivity index (χ1) is 10.3. The van der Waals surface area contributed by atoms with Crippen molar-refractivity contribution in [2.24, 2.45) is 0 Å². The third-order valence-electron chi connectivity index (χ3n) is 4.54. The fraction of sp³-hybridized carbons (Fsp3) is 0.556. The van der Waals surface area contributed by atoms with Gasteiger partial charge in [0.1, 0.15) is 6.10 Å². The molecule has 1 atom stereocenters. The van der Waals surface area contributed by atoms with Crippen LogP contribution in [0.15, 0.2) is 30.8 Å². The Kier molecular flexibility index (Phi) is 6.43. The van der Waals surface area contributed by atoms with Crippen LogP contribution >= 0.6 is 0 Å². The van der Waals surface area contributed by atoms with Gasteiger partial charge < -0.3 is 5.11 Å². The van der Waals surface area contributed by atoms with E-state index in [0.29, 0.717) is 11.5 Å². The van der Waals surface area contributed by atoms with Crippen molar-refractivity contribution in [1.29, 1.82) is 0 Å². The first-order valence-electron chi connectivity index (χ1n) is 7.96. The maximum absolute atomic E-state index is 9.13. The highest BCUT2D eigenvalue weighted by atomic mass is 17.1. The Bertz CT molecular complexity index is 426. The minimum atomic E-state index is -0.753. The molecule has 1 fully saturated rings. The topological polar surface area (TPSA) is 49.7 Å². The summed E-state index contributed by atoms with van der Waals surface area (Å²) in [7, 11) is 0. The maximum Gasteiger partial charge on any atom is 0.141 e. The molecule has 0 bridgehead atoms. The summed E-state index contributed by atoms with van der Waals surface area (Å²) in [5.74, 6) is 0.662. The number of benzene rings is 1. The molecule has 0 aromatic heterocycles. The van der Waals surface area contributed by atoms with E-state index in [2.05, 4.69) is 23.6 Å². The molecule has 1 aliphatic rings. The van der Waals surface area contributed by atoms with Crippen LogP contribution < -0.4 is 0 Å². The van der Waals surface area contributed by atoms with E-state index in [1.54, 1.807) is 0 Å². The highest BCUT2D eigenvalue weighted by Gasteiger charge is 2.16. The van der Waals surface area contributed by atoms with Crippen molar-refractivity contribution in [2.45, 2.75) is 57.0 Å². The van der Waals surface area contributed by atoms with E-state index >= 15 is 0 Å². The van der Waals surface area contributed by atoms with Crippen LogP contribution in [0.4, 0.5) is 0 Å². The molecule has 0 amide bonds. The smallest absolute Gasteiger partial charge is 0.141 e. The van der Waals surface area contributed by atoms with Gasteiger partial charge in [0.2, 0.25) is 0 Å². The van der Waals surface area contributed by atoms with E-state index in [4.69, 9.17) is 10.4 Å². The summed E-state index contributed by atoms with van der Waals surface area (Å²) < 4.78 is 0. The lowest BCUT2D eigenvalue weighted by molar-refractivity contribution is -0.268. The number of aliphatic hydroxyl groups is 1. The van der Waals surface area contributed by atoms with E-state index in [-0.39, 0.29) is 6.61 Å². The van der Waals surface area contributed by atoms with Crippen molar-refractivity contribution in [2.75, 3.05) is 6.61 Å². The number of hydrogen-bond acceptors (Lipinski definition) is 3. The van der Waals surface area contributed by atoms with E-state index < -0.39 is 6.10 Å². The highest BCUT2D eigenvalue weighted by molar-refractivity contribution is 5.67. The minimum absolute atomic E-state index is 0.278. The molecule has 1 aromatic carbocycles. The maximum atomic E-state index is 9.13. The predicted molar refractivity (Wildman–Crippen MR) is 85.1 cm³/mol. The van der Waals surface area contributed by atoms with Gasteiger partial charge in [-0.05, 0) is 35.5 Å². The average Bonchev–Trinajstić information content (AvgIpc) is 2.48. The molecule has 0 spiro atoms. The van der Waals surface area contributed by atoms with Gasteiger partial charge in [-0.1, -0.05) is 62.9 Å². The van der Waals surface area contributed by atoms with Crippen LogP contribution in [-0.2, 0) is 4.89 Å². The van der Waals surface area contributed by atoms with Crippen LogP contribution in [0.5, 0.6) is 0 Å². The quantitative estimate of drug-likeness (QED) is 0.625. The fourth-order valence-corrected chi connectivity index (χ4v) is 3.15. The van der Waals surface area contributed by atoms with Gasteiger partial charge in [-0.2, -0.15) is 0 Å². The van der Waals surface area contributed by atoms with E-state index in [9.17, 15) is 0 Å². The third kappa shape index (κ3) is 4.40. The van der Waals surface area contributed by atoms with Gasteiger partial charge in [0.05, 0.1) is 6.61 Å². The van der Waals surface area contributed by atoms with E-state index in [0.717, 1.165) is 5.56 Å². The number of aliphatic hydroxyl groups excluding tert-OH is 1. The molecule has 2 rings (SSSR count). The van der Waals surface area contributed by atoms with Crippen LogP contribution in [0.3, 0.4) is 0 Å². The predicted octanol–water partition coefficient (Wildman–Crippen LogP) is 4.38. The summed E-state index contributed by atoms with van der Waals surface area (Å²) in [4.78, 5) is 4.24. The molecule has 2 N–H and O–H groups in total. The van der Waals surface area contributed by atoms with Gasteiger partial charge >= 0.3 is 0 Å². The Morgan fingerprint density at radius 3 is 2.19 bits per heavy atom. The lowest BCUT2D eigenvalue weighted by Gasteiger charge is -2.21. The summed E-state index contributed by atoms with van der Waals surface area (Å²) in [6.07, 6.45) is 8.55. The van der Waals surface area contributed by atoms with Gasteiger partial charge in [-0.15, -0.1) is 0 Å². The second-order valence-electron chi connectivity index (χ2n) is 5.97. The summed E-state index contributed by atoms with van der Waals surface area (Å²) in [6.45, 7) is 3.61. The largest absolute Gasteiger partial charge is 0.393 e. The highest BCUT2D eigenvalue weighted by Crippen LogP contribution is 2.31.